The van der Waals surface area contributed by atoms with Crippen molar-refractivity contribution in [2.75, 3.05) is 0 Å². The molecule has 0 spiro atoms. The van der Waals surface area contributed by atoms with Crippen molar-refractivity contribution in [1.82, 2.24) is 0 Å². The number of hydrogen-bond acceptors (Lipinski definition) is 4. The number of benzene rings is 2. The van der Waals surface area contributed by atoms with Gasteiger partial charge in [0.1, 0.15) is 0 Å². The first-order chi connectivity index (χ1) is 10.6. The maximum absolute atomic E-state index is 8.41. The van der Waals surface area contributed by atoms with Crippen LogP contribution in [0.4, 0.5) is 0 Å². The van der Waals surface area contributed by atoms with Crippen LogP contribution < -0.4 is 11.5 Å². The Morgan fingerprint density at radius 3 is 1.64 bits per heavy atom. The maximum atomic E-state index is 8.41. The van der Waals surface area contributed by atoms with Crippen LogP contribution in [0.15, 0.2) is 48.5 Å². The van der Waals surface area contributed by atoms with Gasteiger partial charge in [-0.25, -0.2) is 0 Å². The van der Waals surface area contributed by atoms with Crippen LogP contribution in [0.2, 0.25) is 0 Å². The third-order valence-corrected chi connectivity index (χ3v) is 3.86. The zero-order valence-electron chi connectivity index (χ0n) is 12.8. The molecular formula is C18H22N4. The van der Waals surface area contributed by atoms with Gasteiger partial charge in [0.25, 0.3) is 0 Å². The molecule has 2 aromatic carbocycles. The van der Waals surface area contributed by atoms with Crippen LogP contribution >= 0.6 is 0 Å². The summed E-state index contributed by atoms with van der Waals surface area (Å²) in [6.07, 6.45) is 0. The molecule has 0 amide bonds. The Bertz CT molecular complexity index is 643. The van der Waals surface area contributed by atoms with Gasteiger partial charge in [0.05, 0.1) is 11.6 Å². The molecule has 114 valence electrons. The van der Waals surface area contributed by atoms with Gasteiger partial charge in [0.2, 0.25) is 0 Å². The highest BCUT2D eigenvalue weighted by Crippen LogP contribution is 2.31. The van der Waals surface area contributed by atoms with Gasteiger partial charge in [-0.3, -0.25) is 0 Å². The highest BCUT2D eigenvalue weighted by molar-refractivity contribution is 6.41. The molecule has 6 N–H and O–H groups in total. The van der Waals surface area contributed by atoms with Crippen molar-refractivity contribution in [3.63, 3.8) is 0 Å². The van der Waals surface area contributed by atoms with Crippen molar-refractivity contribution in [3.8, 4) is 0 Å². The molecule has 2 rings (SSSR count). The molecule has 0 bridgehead atoms. The van der Waals surface area contributed by atoms with Crippen LogP contribution in [-0.4, -0.2) is 11.4 Å². The summed E-state index contributed by atoms with van der Waals surface area (Å²) >= 11 is 0. The minimum Gasteiger partial charge on any atom is -0.326 e. The summed E-state index contributed by atoms with van der Waals surface area (Å²) in [4.78, 5) is 0. The fourth-order valence-electron chi connectivity index (χ4n) is 2.70. The van der Waals surface area contributed by atoms with Crippen molar-refractivity contribution < 1.29 is 0 Å². The molecule has 0 aliphatic rings. The van der Waals surface area contributed by atoms with E-state index in [1.54, 1.807) is 6.92 Å². The average Bonchev–Trinajstić information content (AvgIpc) is 2.55. The van der Waals surface area contributed by atoms with Gasteiger partial charge in [0.15, 0.2) is 0 Å². The van der Waals surface area contributed by atoms with E-state index in [4.69, 9.17) is 22.3 Å². The van der Waals surface area contributed by atoms with Gasteiger partial charge in [0, 0.05) is 18.8 Å². The topological polar surface area (TPSA) is 99.7 Å². The Balaban J connectivity index is 2.67. The molecule has 0 aliphatic heterocycles. The summed E-state index contributed by atoms with van der Waals surface area (Å²) in [5, 5.41) is 16.3. The van der Waals surface area contributed by atoms with E-state index in [0.717, 1.165) is 22.3 Å². The molecule has 4 nitrogen and oxygen atoms in total. The van der Waals surface area contributed by atoms with E-state index in [1.165, 1.54) is 0 Å². The van der Waals surface area contributed by atoms with E-state index in [1.807, 2.05) is 48.5 Å². The smallest absolute Gasteiger partial charge is 0.0637 e. The molecule has 0 saturated heterocycles. The summed E-state index contributed by atoms with van der Waals surface area (Å²) < 4.78 is 0. The lowest BCUT2D eigenvalue weighted by atomic mass is 9.81. The van der Waals surface area contributed by atoms with Crippen molar-refractivity contribution >= 4 is 11.4 Å². The Morgan fingerprint density at radius 2 is 1.27 bits per heavy atom. The molecule has 0 fully saturated rings. The molecule has 0 radical (unpaired) electrons. The van der Waals surface area contributed by atoms with Gasteiger partial charge in [-0.2, -0.15) is 0 Å². The Kier molecular flexibility index (Phi) is 5.20. The van der Waals surface area contributed by atoms with E-state index in [2.05, 4.69) is 0 Å². The second-order valence-corrected chi connectivity index (χ2v) is 5.28. The summed E-state index contributed by atoms with van der Waals surface area (Å²) in [7, 11) is 0. The third-order valence-electron chi connectivity index (χ3n) is 3.86. The van der Waals surface area contributed by atoms with Gasteiger partial charge in [-0.15, -0.1) is 0 Å². The summed E-state index contributed by atoms with van der Waals surface area (Å²) in [6, 6.07) is 15.7. The zero-order valence-corrected chi connectivity index (χ0v) is 12.8. The monoisotopic (exact) mass is 294 g/mol. The van der Waals surface area contributed by atoms with E-state index in [0.29, 0.717) is 13.1 Å². The number of nitrogens with one attached hydrogen (secondary N) is 2. The average molecular weight is 294 g/mol. The lowest BCUT2D eigenvalue weighted by Crippen LogP contribution is -2.23. The minimum absolute atomic E-state index is 0.253. The Hall–Kier alpha value is -2.30. The Labute approximate surface area is 131 Å². The van der Waals surface area contributed by atoms with Crippen molar-refractivity contribution in [2.24, 2.45) is 11.5 Å². The van der Waals surface area contributed by atoms with Crippen LogP contribution in [0, 0.1) is 10.8 Å². The lowest BCUT2D eigenvalue weighted by molar-refractivity contribution is 0.947. The third kappa shape index (κ3) is 3.13. The fourth-order valence-corrected chi connectivity index (χ4v) is 2.70. The van der Waals surface area contributed by atoms with E-state index in [9.17, 15) is 0 Å². The maximum Gasteiger partial charge on any atom is 0.0637 e. The first-order valence-electron chi connectivity index (χ1n) is 7.29. The summed E-state index contributed by atoms with van der Waals surface area (Å²) in [5.41, 5.74) is 16.2. The van der Waals surface area contributed by atoms with Crippen molar-refractivity contribution in [2.45, 2.75) is 25.9 Å². The Morgan fingerprint density at radius 1 is 0.864 bits per heavy atom. The van der Waals surface area contributed by atoms with Crippen LogP contribution in [0.5, 0.6) is 0 Å². The molecule has 0 atom stereocenters. The molecule has 0 aliphatic carbocycles. The summed E-state index contributed by atoms with van der Waals surface area (Å²) in [5.74, 6) is -0.308. The van der Waals surface area contributed by atoms with Gasteiger partial charge in [-0.1, -0.05) is 48.5 Å². The SMILES string of the molecule is CC(=N)C(=N)C(c1ccccc1CN)c1ccccc1CN. The van der Waals surface area contributed by atoms with Crippen LogP contribution in [0.1, 0.15) is 35.1 Å². The first kappa shape index (κ1) is 16.1. The second kappa shape index (κ2) is 7.11. The van der Waals surface area contributed by atoms with Gasteiger partial charge in [-0.05, 0) is 29.2 Å². The van der Waals surface area contributed by atoms with Crippen LogP contribution in [0.3, 0.4) is 0 Å². The molecule has 2 aromatic rings. The fraction of sp³-hybridized carbons (Fsp3) is 0.222. The minimum atomic E-state index is -0.308. The van der Waals surface area contributed by atoms with Gasteiger partial charge >= 0.3 is 0 Å². The molecule has 4 heteroatoms. The molecular weight excluding hydrogens is 272 g/mol. The molecule has 0 unspecified atom stereocenters. The number of nitrogens with two attached hydrogens (primary N) is 2. The van der Waals surface area contributed by atoms with E-state index >= 15 is 0 Å². The predicted molar refractivity (Wildman–Crippen MR) is 91.6 cm³/mol. The zero-order chi connectivity index (χ0) is 16.1. The predicted octanol–water partition coefficient (Wildman–Crippen LogP) is 2.80. The number of rotatable bonds is 6. The molecule has 22 heavy (non-hydrogen) atoms. The highest BCUT2D eigenvalue weighted by atomic mass is 14.6. The van der Waals surface area contributed by atoms with Crippen molar-refractivity contribution in [3.05, 3.63) is 70.8 Å². The van der Waals surface area contributed by atoms with Crippen LogP contribution in [-0.2, 0) is 13.1 Å². The van der Waals surface area contributed by atoms with Crippen LogP contribution in [0.25, 0.3) is 0 Å². The van der Waals surface area contributed by atoms with E-state index < -0.39 is 0 Å². The normalized spacial score (nSPS) is 10.7. The standard InChI is InChI=1S/C18H22N4/c1-12(21)18(22)17(15-8-4-2-6-13(15)10-19)16-9-5-3-7-14(16)11-20/h2-9,17,21-22H,10-11,19-20H2,1H3. The van der Waals surface area contributed by atoms with Gasteiger partial charge < -0.3 is 22.3 Å². The largest absolute Gasteiger partial charge is 0.326 e. The number of hydrogen-bond donors (Lipinski definition) is 4. The highest BCUT2D eigenvalue weighted by Gasteiger charge is 2.24. The second-order valence-electron chi connectivity index (χ2n) is 5.28. The quantitative estimate of drug-likeness (QED) is 0.616. The van der Waals surface area contributed by atoms with E-state index in [-0.39, 0.29) is 17.3 Å². The summed E-state index contributed by atoms with van der Waals surface area (Å²) in [6.45, 7) is 2.45. The van der Waals surface area contributed by atoms with Crippen molar-refractivity contribution in [1.29, 1.82) is 10.8 Å². The first-order valence-corrected chi connectivity index (χ1v) is 7.29. The molecule has 0 heterocycles. The molecule has 0 aromatic heterocycles. The lowest BCUT2D eigenvalue weighted by Gasteiger charge is -2.23. The molecule has 0 saturated carbocycles.